The molecule has 0 aromatic carbocycles. The lowest BCUT2D eigenvalue weighted by molar-refractivity contribution is 0.122. The molecular weight excluding hydrogens is 204 g/mol. The van der Waals surface area contributed by atoms with Gasteiger partial charge < -0.3 is 15.3 Å². The van der Waals surface area contributed by atoms with E-state index in [0.29, 0.717) is 6.54 Å². The normalized spacial score (nSPS) is 15.3. The van der Waals surface area contributed by atoms with Crippen LogP contribution in [0.1, 0.15) is 32.1 Å². The van der Waals surface area contributed by atoms with Crippen LogP contribution in [0.2, 0.25) is 0 Å². The van der Waals surface area contributed by atoms with Gasteiger partial charge in [0.05, 0.1) is 18.9 Å². The predicted molar refractivity (Wildman–Crippen MR) is 64.0 cm³/mol. The van der Waals surface area contributed by atoms with Crippen molar-refractivity contribution in [3.63, 3.8) is 0 Å². The third-order valence-corrected chi connectivity index (χ3v) is 2.62. The predicted octanol–water partition coefficient (Wildman–Crippen LogP) is 1.37. The van der Waals surface area contributed by atoms with Gasteiger partial charge in [-0.2, -0.15) is 0 Å². The molecule has 0 radical (unpaired) electrons. The van der Waals surface area contributed by atoms with Crippen molar-refractivity contribution in [3.05, 3.63) is 24.2 Å². The Hall–Kier alpha value is -0.840. The number of nitrogens with two attached hydrogens (primary N) is 1. The summed E-state index contributed by atoms with van der Waals surface area (Å²) in [4.78, 5) is 2.17. The Morgan fingerprint density at radius 3 is 2.69 bits per heavy atom. The average Bonchev–Trinajstić information content (AvgIpc) is 2.71. The second-order valence-electron chi connectivity index (χ2n) is 4.08. The summed E-state index contributed by atoms with van der Waals surface area (Å²) in [6, 6.07) is 3.83. The minimum atomic E-state index is -0.0238. The maximum absolute atomic E-state index is 9.08. The summed E-state index contributed by atoms with van der Waals surface area (Å²) < 4.78 is 5.43. The van der Waals surface area contributed by atoms with E-state index in [1.165, 1.54) is 0 Å². The summed E-state index contributed by atoms with van der Waals surface area (Å²) in [6.45, 7) is 5.76. The molecule has 0 aliphatic carbocycles. The standard InChI is InChI=1S/C12H22N2O2/c1-3-6-14(7-8-15)12(10(2)13)11-5-4-9-16-11/h4-5,9-10,12,15H,3,6-8,13H2,1-2H3. The third kappa shape index (κ3) is 3.33. The highest BCUT2D eigenvalue weighted by Gasteiger charge is 2.25. The molecule has 0 saturated heterocycles. The van der Waals surface area contributed by atoms with E-state index in [2.05, 4.69) is 11.8 Å². The zero-order valence-electron chi connectivity index (χ0n) is 10.1. The van der Waals surface area contributed by atoms with Gasteiger partial charge in [-0.15, -0.1) is 0 Å². The van der Waals surface area contributed by atoms with Crippen LogP contribution in [0.3, 0.4) is 0 Å². The van der Waals surface area contributed by atoms with E-state index >= 15 is 0 Å². The lowest BCUT2D eigenvalue weighted by atomic mass is 10.1. The van der Waals surface area contributed by atoms with Crippen LogP contribution in [0.25, 0.3) is 0 Å². The number of hydrogen-bond acceptors (Lipinski definition) is 4. The first-order valence-corrected chi connectivity index (χ1v) is 5.84. The molecule has 1 aromatic rings. The van der Waals surface area contributed by atoms with Crippen LogP contribution in [0.15, 0.2) is 22.8 Å². The number of aliphatic hydroxyl groups is 1. The van der Waals surface area contributed by atoms with E-state index in [-0.39, 0.29) is 18.7 Å². The summed E-state index contributed by atoms with van der Waals surface area (Å²) >= 11 is 0. The molecular formula is C12H22N2O2. The van der Waals surface area contributed by atoms with Crippen LogP contribution < -0.4 is 5.73 Å². The SMILES string of the molecule is CCCN(CCO)C(c1ccco1)C(C)N. The van der Waals surface area contributed by atoms with Crippen molar-refractivity contribution in [2.24, 2.45) is 5.73 Å². The summed E-state index contributed by atoms with van der Waals surface area (Å²) in [6.07, 6.45) is 2.69. The molecule has 4 heteroatoms. The molecule has 2 unspecified atom stereocenters. The van der Waals surface area contributed by atoms with Gasteiger partial charge >= 0.3 is 0 Å². The van der Waals surface area contributed by atoms with Gasteiger partial charge in [0.25, 0.3) is 0 Å². The molecule has 0 fully saturated rings. The first kappa shape index (κ1) is 13.2. The van der Waals surface area contributed by atoms with Gasteiger partial charge in [-0.3, -0.25) is 4.90 Å². The molecule has 4 nitrogen and oxygen atoms in total. The largest absolute Gasteiger partial charge is 0.468 e. The van der Waals surface area contributed by atoms with Gasteiger partial charge in [-0.05, 0) is 32.0 Å². The molecule has 1 rings (SSSR count). The maximum atomic E-state index is 9.08. The van der Waals surface area contributed by atoms with Crippen LogP contribution >= 0.6 is 0 Å². The topological polar surface area (TPSA) is 62.6 Å². The number of rotatable bonds is 7. The van der Waals surface area contributed by atoms with Gasteiger partial charge in [0.15, 0.2) is 0 Å². The van der Waals surface area contributed by atoms with Crippen molar-refractivity contribution in [2.75, 3.05) is 19.7 Å². The summed E-state index contributed by atoms with van der Waals surface area (Å²) in [7, 11) is 0. The Morgan fingerprint density at radius 1 is 1.50 bits per heavy atom. The monoisotopic (exact) mass is 226 g/mol. The molecule has 1 aromatic heterocycles. The molecule has 2 atom stereocenters. The molecule has 0 aliphatic heterocycles. The molecule has 0 saturated carbocycles. The number of furan rings is 1. The fourth-order valence-electron chi connectivity index (χ4n) is 2.04. The second-order valence-corrected chi connectivity index (χ2v) is 4.08. The van der Waals surface area contributed by atoms with Gasteiger partial charge in [0.1, 0.15) is 5.76 Å². The maximum Gasteiger partial charge on any atom is 0.122 e. The van der Waals surface area contributed by atoms with Crippen molar-refractivity contribution < 1.29 is 9.52 Å². The van der Waals surface area contributed by atoms with Crippen LogP contribution in [0.4, 0.5) is 0 Å². The van der Waals surface area contributed by atoms with Crippen molar-refractivity contribution in [2.45, 2.75) is 32.4 Å². The van der Waals surface area contributed by atoms with Crippen LogP contribution in [0, 0.1) is 0 Å². The van der Waals surface area contributed by atoms with Crippen LogP contribution in [-0.4, -0.2) is 35.7 Å². The Morgan fingerprint density at radius 2 is 2.25 bits per heavy atom. The van der Waals surface area contributed by atoms with Crippen LogP contribution in [-0.2, 0) is 0 Å². The zero-order chi connectivity index (χ0) is 12.0. The van der Waals surface area contributed by atoms with Crippen molar-refractivity contribution in [1.82, 2.24) is 4.90 Å². The van der Waals surface area contributed by atoms with E-state index in [1.54, 1.807) is 6.26 Å². The lowest BCUT2D eigenvalue weighted by Gasteiger charge is -2.32. The Kier molecular flexibility index (Phi) is 5.52. The quantitative estimate of drug-likeness (QED) is 0.737. The third-order valence-electron chi connectivity index (χ3n) is 2.62. The van der Waals surface area contributed by atoms with Crippen molar-refractivity contribution >= 4 is 0 Å². The lowest BCUT2D eigenvalue weighted by Crippen LogP contribution is -2.41. The highest BCUT2D eigenvalue weighted by atomic mass is 16.3. The highest BCUT2D eigenvalue weighted by molar-refractivity contribution is 5.07. The van der Waals surface area contributed by atoms with Gasteiger partial charge in [0.2, 0.25) is 0 Å². The molecule has 0 amide bonds. The molecule has 0 bridgehead atoms. The summed E-state index contributed by atoms with van der Waals surface area (Å²) in [5.41, 5.74) is 6.01. The van der Waals surface area contributed by atoms with Gasteiger partial charge in [-0.1, -0.05) is 6.92 Å². The van der Waals surface area contributed by atoms with Gasteiger partial charge in [-0.25, -0.2) is 0 Å². The minimum Gasteiger partial charge on any atom is -0.468 e. The summed E-state index contributed by atoms with van der Waals surface area (Å²) in [5.74, 6) is 0.872. The van der Waals surface area contributed by atoms with E-state index < -0.39 is 0 Å². The fourth-order valence-corrected chi connectivity index (χ4v) is 2.04. The molecule has 0 spiro atoms. The molecule has 1 heterocycles. The van der Waals surface area contributed by atoms with E-state index in [0.717, 1.165) is 18.7 Å². The number of hydrogen-bond donors (Lipinski definition) is 2. The molecule has 3 N–H and O–H groups in total. The van der Waals surface area contributed by atoms with Crippen molar-refractivity contribution in [3.8, 4) is 0 Å². The Balaban J connectivity index is 2.81. The second kappa shape index (κ2) is 6.68. The van der Waals surface area contributed by atoms with Crippen LogP contribution in [0.5, 0.6) is 0 Å². The minimum absolute atomic E-state index is 0.0238. The molecule has 16 heavy (non-hydrogen) atoms. The van der Waals surface area contributed by atoms with E-state index in [4.69, 9.17) is 15.3 Å². The first-order chi connectivity index (χ1) is 7.70. The fraction of sp³-hybridized carbons (Fsp3) is 0.667. The zero-order valence-corrected chi connectivity index (χ0v) is 10.1. The first-order valence-electron chi connectivity index (χ1n) is 5.84. The number of nitrogens with zero attached hydrogens (tertiary/aromatic N) is 1. The van der Waals surface area contributed by atoms with E-state index in [9.17, 15) is 0 Å². The average molecular weight is 226 g/mol. The van der Waals surface area contributed by atoms with E-state index in [1.807, 2.05) is 19.1 Å². The highest BCUT2D eigenvalue weighted by Crippen LogP contribution is 2.23. The summed E-state index contributed by atoms with van der Waals surface area (Å²) in [5, 5.41) is 9.08. The Labute approximate surface area is 97.0 Å². The molecule has 0 aliphatic rings. The smallest absolute Gasteiger partial charge is 0.122 e. The number of aliphatic hydroxyl groups excluding tert-OH is 1. The van der Waals surface area contributed by atoms with Crippen molar-refractivity contribution in [1.29, 1.82) is 0 Å². The molecule has 92 valence electrons. The van der Waals surface area contributed by atoms with Gasteiger partial charge in [0, 0.05) is 12.6 Å². The Bertz CT molecular complexity index is 267.